The molecule has 0 radical (unpaired) electrons. The minimum atomic E-state index is -1.75. The molecule has 0 spiro atoms. The zero-order chi connectivity index (χ0) is 45.1. The number of carbonyl (C=O) groups excluding carboxylic acids is 6. The van der Waals surface area contributed by atoms with E-state index in [4.69, 9.17) is 28.4 Å². The van der Waals surface area contributed by atoms with Gasteiger partial charge in [0.2, 0.25) is 0 Å². The zero-order valence-corrected chi connectivity index (χ0v) is 36.7. The molecule has 0 amide bonds. The van der Waals surface area contributed by atoms with Crippen LogP contribution in [-0.2, 0) is 38.2 Å². The van der Waals surface area contributed by atoms with E-state index in [0.29, 0.717) is 24.3 Å². The first-order valence-electron chi connectivity index (χ1n) is 21.1. The van der Waals surface area contributed by atoms with E-state index in [1.54, 1.807) is 13.8 Å². The summed E-state index contributed by atoms with van der Waals surface area (Å²) in [6.07, 6.45) is 1.09. The molecule has 7 rings (SSSR count). The Kier molecular flexibility index (Phi) is 11.4. The van der Waals surface area contributed by atoms with Gasteiger partial charge in [0.05, 0.1) is 13.2 Å². The lowest BCUT2D eigenvalue weighted by atomic mass is 9.79. The topological polar surface area (TPSA) is 158 Å². The molecule has 4 fully saturated rings. The summed E-state index contributed by atoms with van der Waals surface area (Å²) in [5, 5.41) is 0. The van der Waals surface area contributed by atoms with Crippen molar-refractivity contribution in [3.05, 3.63) is 106 Å². The molecule has 62 heavy (non-hydrogen) atoms. The van der Waals surface area contributed by atoms with Gasteiger partial charge in [-0.25, -0.2) is 9.59 Å². The highest BCUT2D eigenvalue weighted by Gasteiger charge is 2.74. The van der Waals surface area contributed by atoms with Crippen molar-refractivity contribution >= 4 is 35.8 Å². The Morgan fingerprint density at radius 1 is 0.532 bits per heavy atom. The lowest BCUT2D eigenvalue weighted by Gasteiger charge is -2.28. The minimum absolute atomic E-state index is 0.0108. The molecule has 6 unspecified atom stereocenters. The number of rotatable bonds is 14. The molecule has 12 nitrogen and oxygen atoms in total. The first kappa shape index (κ1) is 44.0. The molecule has 326 valence electrons. The second kappa shape index (κ2) is 16.0. The third-order valence-electron chi connectivity index (χ3n) is 13.5. The maximum atomic E-state index is 14.2. The Hall–Kier alpha value is -6.04. The molecule has 0 aromatic heterocycles. The van der Waals surface area contributed by atoms with Crippen LogP contribution in [-0.4, -0.2) is 49.0 Å². The highest BCUT2D eigenvalue weighted by atomic mass is 16.6. The monoisotopic (exact) mass is 846 g/mol. The number of ether oxygens (including phenoxy) is 6. The number of aryl methyl sites for hydroxylation is 6. The van der Waals surface area contributed by atoms with Crippen LogP contribution in [0.25, 0.3) is 0 Å². The van der Waals surface area contributed by atoms with E-state index in [1.807, 2.05) is 65.8 Å². The quantitative estimate of drug-likeness (QED) is 0.0662. The summed E-state index contributed by atoms with van der Waals surface area (Å²) >= 11 is 0. The van der Waals surface area contributed by atoms with Crippen LogP contribution in [0.3, 0.4) is 0 Å². The van der Waals surface area contributed by atoms with Gasteiger partial charge in [-0.3, -0.25) is 19.2 Å². The van der Waals surface area contributed by atoms with Crippen LogP contribution in [0, 0.1) is 75.0 Å². The molecular formula is C50H54O12. The maximum Gasteiger partial charge on any atom is 0.339 e. The van der Waals surface area contributed by atoms with Gasteiger partial charge in [0.15, 0.2) is 10.8 Å². The Morgan fingerprint density at radius 2 is 0.887 bits per heavy atom. The summed E-state index contributed by atoms with van der Waals surface area (Å²) < 4.78 is 34.3. The Labute approximate surface area is 361 Å². The van der Waals surface area contributed by atoms with Crippen LogP contribution in [0.15, 0.2) is 72.8 Å². The molecule has 0 saturated heterocycles. The van der Waals surface area contributed by atoms with Crippen LogP contribution in [0.5, 0.6) is 23.0 Å². The van der Waals surface area contributed by atoms with Crippen LogP contribution < -0.4 is 18.9 Å². The van der Waals surface area contributed by atoms with E-state index in [9.17, 15) is 28.8 Å². The normalized spacial score (nSPS) is 26.3. The van der Waals surface area contributed by atoms with Crippen molar-refractivity contribution in [2.24, 2.45) is 33.5 Å². The Morgan fingerprint density at radius 3 is 1.23 bits per heavy atom. The van der Waals surface area contributed by atoms with E-state index >= 15 is 0 Å². The maximum absolute atomic E-state index is 14.2. The summed E-state index contributed by atoms with van der Waals surface area (Å²) in [5.74, 6) is -4.21. The second-order valence-corrected chi connectivity index (χ2v) is 17.9. The van der Waals surface area contributed by atoms with Gasteiger partial charge in [-0.2, -0.15) is 0 Å². The Balaban J connectivity index is 1.07. The summed E-state index contributed by atoms with van der Waals surface area (Å²) in [5.41, 5.74) is 0.354. The smallest absolute Gasteiger partial charge is 0.339 e. The van der Waals surface area contributed by atoms with Gasteiger partial charge in [0.1, 0.15) is 23.0 Å². The van der Waals surface area contributed by atoms with Crippen molar-refractivity contribution in [3.8, 4) is 23.0 Å². The van der Waals surface area contributed by atoms with Crippen molar-refractivity contribution < 1.29 is 57.2 Å². The molecule has 0 N–H and O–H groups in total. The first-order chi connectivity index (χ1) is 29.2. The van der Waals surface area contributed by atoms with Crippen LogP contribution >= 0.6 is 0 Å². The SMILES string of the molecule is C=C(C(=O)Oc1c(C)cc(C)cc1C)C12CC1CC(C(=O)OCC)(C(=O)Oc1cccc(OC(=O)C3(C(=O)OCC)CC4CC4(C(=C)C(=O)Oc4c(C)cc(C)cc4C)C3)c1)C2. The molecule has 4 aliphatic carbocycles. The first-order valence-corrected chi connectivity index (χ1v) is 21.1. The fraction of sp³-hybridized carbons (Fsp3) is 0.440. The van der Waals surface area contributed by atoms with Crippen LogP contribution in [0.1, 0.15) is 85.8 Å². The van der Waals surface area contributed by atoms with Crippen molar-refractivity contribution in [2.45, 2.75) is 93.9 Å². The predicted octanol–water partition coefficient (Wildman–Crippen LogP) is 8.37. The number of fused-ring (bicyclic) bond motifs is 2. The standard InChI is InChI=1S/C50H54O12/c1-11-57-43(53)49(23-35-21-47(35,25-49)33(9)41(51)61-39-29(5)16-27(3)17-30(39)6)45(55)59-37-14-13-15-38(20-37)60-46(56)50(44(54)58-12-2)24-36-22-48(36,26-50)34(10)42(52)62-40-31(7)18-28(4)19-32(40)8/h13-20,35-36H,9-12,21-26H2,1-8H3. The van der Waals surface area contributed by atoms with E-state index in [0.717, 1.165) is 33.4 Å². The summed E-state index contributed by atoms with van der Waals surface area (Å²) in [4.78, 5) is 82.9. The fourth-order valence-electron chi connectivity index (χ4n) is 10.5. The summed E-state index contributed by atoms with van der Waals surface area (Å²) in [7, 11) is 0. The minimum Gasteiger partial charge on any atom is -0.465 e. The van der Waals surface area contributed by atoms with Gasteiger partial charge >= 0.3 is 35.8 Å². The molecule has 4 aliphatic rings. The number of carbonyl (C=O) groups is 6. The molecule has 4 saturated carbocycles. The van der Waals surface area contributed by atoms with Crippen molar-refractivity contribution in [1.29, 1.82) is 0 Å². The average molecular weight is 847 g/mol. The summed E-state index contributed by atoms with van der Waals surface area (Å²) in [6.45, 7) is 22.8. The highest BCUT2D eigenvalue weighted by molar-refractivity contribution is 6.04. The lowest BCUT2D eigenvalue weighted by molar-refractivity contribution is -0.169. The van der Waals surface area contributed by atoms with Gasteiger partial charge in [-0.1, -0.05) is 54.6 Å². The highest BCUT2D eigenvalue weighted by Crippen LogP contribution is 2.74. The van der Waals surface area contributed by atoms with Gasteiger partial charge in [-0.15, -0.1) is 0 Å². The van der Waals surface area contributed by atoms with E-state index in [2.05, 4.69) is 13.2 Å². The van der Waals surface area contributed by atoms with Crippen molar-refractivity contribution in [3.63, 3.8) is 0 Å². The average Bonchev–Trinajstić information content (AvgIpc) is 4.01. The summed E-state index contributed by atoms with van der Waals surface area (Å²) in [6, 6.07) is 13.4. The van der Waals surface area contributed by atoms with Crippen LogP contribution in [0.2, 0.25) is 0 Å². The predicted molar refractivity (Wildman–Crippen MR) is 226 cm³/mol. The molecular weight excluding hydrogens is 793 g/mol. The number of hydrogen-bond acceptors (Lipinski definition) is 12. The van der Waals surface area contributed by atoms with Gasteiger partial charge in [-0.05, 0) is 140 Å². The van der Waals surface area contributed by atoms with Gasteiger partial charge < -0.3 is 28.4 Å². The van der Waals surface area contributed by atoms with Crippen molar-refractivity contribution in [1.82, 2.24) is 0 Å². The van der Waals surface area contributed by atoms with Crippen LogP contribution in [0.4, 0.5) is 0 Å². The third-order valence-corrected chi connectivity index (χ3v) is 13.5. The third kappa shape index (κ3) is 7.51. The molecule has 3 aromatic carbocycles. The fourth-order valence-corrected chi connectivity index (χ4v) is 10.5. The zero-order valence-electron chi connectivity index (χ0n) is 36.7. The van der Waals surface area contributed by atoms with Gasteiger partial charge in [0, 0.05) is 28.0 Å². The molecule has 0 heterocycles. The molecule has 0 bridgehead atoms. The number of esters is 6. The second-order valence-electron chi connectivity index (χ2n) is 17.9. The van der Waals surface area contributed by atoms with Crippen molar-refractivity contribution in [2.75, 3.05) is 13.2 Å². The molecule has 0 aliphatic heterocycles. The molecule has 6 atom stereocenters. The number of benzene rings is 3. The van der Waals surface area contributed by atoms with E-state index < -0.39 is 57.5 Å². The molecule has 3 aromatic rings. The lowest BCUT2D eigenvalue weighted by Crippen LogP contribution is -2.43. The van der Waals surface area contributed by atoms with Gasteiger partial charge in [0.25, 0.3) is 0 Å². The van der Waals surface area contributed by atoms with E-state index in [-0.39, 0.29) is 73.4 Å². The number of hydrogen-bond donors (Lipinski definition) is 0. The Bertz CT molecular complexity index is 2250. The molecule has 12 heteroatoms. The van der Waals surface area contributed by atoms with E-state index in [1.165, 1.54) is 24.3 Å². The largest absolute Gasteiger partial charge is 0.465 e.